The molecule has 0 unspecified atom stereocenters. The minimum Gasteiger partial charge on any atom is -0.322 e. The summed E-state index contributed by atoms with van der Waals surface area (Å²) in [4.78, 5) is 16.4. The molecule has 4 nitrogen and oxygen atoms in total. The Balaban J connectivity index is 2.10. The van der Waals surface area contributed by atoms with Gasteiger partial charge in [-0.2, -0.15) is 0 Å². The van der Waals surface area contributed by atoms with E-state index in [1.165, 1.54) is 12.8 Å². The zero-order chi connectivity index (χ0) is 15.5. The molecule has 1 aliphatic carbocycles. The number of nitrogens with one attached hydrogen (secondary N) is 1. The molecule has 3 N–H and O–H groups in total. The molecule has 6 heteroatoms. The first-order chi connectivity index (χ1) is 9.91. The second-order valence-electron chi connectivity index (χ2n) is 5.90. The molecule has 1 heterocycles. The monoisotopic (exact) mass is 329 g/mol. The van der Waals surface area contributed by atoms with Crippen LogP contribution in [-0.2, 0) is 4.79 Å². The van der Waals surface area contributed by atoms with E-state index in [4.69, 9.17) is 28.9 Å². The van der Waals surface area contributed by atoms with E-state index in [1.807, 2.05) is 0 Å². The van der Waals surface area contributed by atoms with Gasteiger partial charge in [0, 0.05) is 0 Å². The fraction of sp³-hybridized carbons (Fsp3) is 0.600. The Morgan fingerprint density at radius 3 is 2.48 bits per heavy atom. The summed E-state index contributed by atoms with van der Waals surface area (Å²) in [5, 5.41) is 3.24. The molecule has 1 saturated carbocycles. The zero-order valence-corrected chi connectivity index (χ0v) is 13.7. The molecule has 0 aliphatic heterocycles. The van der Waals surface area contributed by atoms with Crippen LogP contribution in [0, 0.1) is 5.92 Å². The van der Waals surface area contributed by atoms with Crippen molar-refractivity contribution in [2.24, 2.45) is 11.7 Å². The van der Waals surface area contributed by atoms with Gasteiger partial charge in [-0.1, -0.05) is 48.9 Å². The number of carbonyl (C=O) groups excluding carboxylic acids is 1. The molecule has 1 atom stereocenters. The van der Waals surface area contributed by atoms with E-state index in [1.54, 1.807) is 19.1 Å². The predicted octanol–water partition coefficient (Wildman–Crippen LogP) is 4.01. The molecule has 0 aromatic carbocycles. The Bertz CT molecular complexity index is 512. The average molecular weight is 330 g/mol. The highest BCUT2D eigenvalue weighted by atomic mass is 35.5. The number of hydrogen-bond acceptors (Lipinski definition) is 3. The summed E-state index contributed by atoms with van der Waals surface area (Å²) in [5.41, 5.74) is 5.86. The summed E-state index contributed by atoms with van der Waals surface area (Å²) < 4.78 is 0. The normalized spacial score (nSPS) is 19.6. The van der Waals surface area contributed by atoms with Gasteiger partial charge in [0.1, 0.15) is 5.15 Å². The highest BCUT2D eigenvalue weighted by molar-refractivity contribution is 6.34. The smallest absolute Gasteiger partial charge is 0.244 e. The first kappa shape index (κ1) is 16.5. The molecule has 1 aromatic rings. The maximum absolute atomic E-state index is 12.5. The third-order valence-electron chi connectivity index (χ3n) is 4.26. The molecule has 0 saturated heterocycles. The van der Waals surface area contributed by atoms with Gasteiger partial charge in [-0.25, -0.2) is 4.98 Å². The number of anilines is 1. The van der Waals surface area contributed by atoms with Gasteiger partial charge in [0.25, 0.3) is 0 Å². The Morgan fingerprint density at radius 1 is 1.29 bits per heavy atom. The van der Waals surface area contributed by atoms with Gasteiger partial charge in [0.15, 0.2) is 5.15 Å². The van der Waals surface area contributed by atoms with Gasteiger partial charge in [-0.3, -0.25) is 4.79 Å². The van der Waals surface area contributed by atoms with Gasteiger partial charge < -0.3 is 11.1 Å². The number of halogens is 2. The van der Waals surface area contributed by atoms with Crippen LogP contribution in [0.1, 0.15) is 45.4 Å². The number of nitrogens with two attached hydrogens (primary N) is 1. The third-order valence-corrected chi connectivity index (χ3v) is 4.75. The van der Waals surface area contributed by atoms with Crippen molar-refractivity contribution in [3.8, 4) is 0 Å². The molecule has 21 heavy (non-hydrogen) atoms. The minimum atomic E-state index is -0.909. The van der Waals surface area contributed by atoms with E-state index in [0.717, 1.165) is 25.7 Å². The summed E-state index contributed by atoms with van der Waals surface area (Å²) in [7, 11) is 0. The molecule has 1 fully saturated rings. The van der Waals surface area contributed by atoms with Crippen molar-refractivity contribution in [3.63, 3.8) is 0 Å². The van der Waals surface area contributed by atoms with Gasteiger partial charge in [-0.15, -0.1) is 0 Å². The number of rotatable bonds is 3. The van der Waals surface area contributed by atoms with Crippen LogP contribution < -0.4 is 11.1 Å². The minimum absolute atomic E-state index is 0.174. The largest absolute Gasteiger partial charge is 0.322 e. The fourth-order valence-electron chi connectivity index (χ4n) is 2.83. The summed E-state index contributed by atoms with van der Waals surface area (Å²) in [5.74, 6) is -0.0283. The van der Waals surface area contributed by atoms with Gasteiger partial charge in [-0.05, 0) is 37.8 Å². The first-order valence-electron chi connectivity index (χ1n) is 7.33. The average Bonchev–Trinajstić information content (AvgIpc) is 2.71. The van der Waals surface area contributed by atoms with Crippen molar-refractivity contribution in [1.82, 2.24) is 4.98 Å². The maximum Gasteiger partial charge on any atom is 0.244 e. The van der Waals surface area contributed by atoms with Crippen LogP contribution in [0.15, 0.2) is 12.1 Å². The highest BCUT2D eigenvalue weighted by Crippen LogP contribution is 2.31. The van der Waals surface area contributed by atoms with Gasteiger partial charge in [0.05, 0.1) is 11.2 Å². The quantitative estimate of drug-likeness (QED) is 0.650. The molecule has 1 amide bonds. The Labute approximate surface area is 135 Å². The van der Waals surface area contributed by atoms with Gasteiger partial charge >= 0.3 is 0 Å². The number of aromatic nitrogens is 1. The van der Waals surface area contributed by atoms with E-state index in [2.05, 4.69) is 10.3 Å². The van der Waals surface area contributed by atoms with Crippen LogP contribution in [0.2, 0.25) is 10.3 Å². The number of nitrogens with zero attached hydrogens (tertiary/aromatic N) is 1. The molecule has 0 bridgehead atoms. The van der Waals surface area contributed by atoms with Crippen molar-refractivity contribution in [3.05, 3.63) is 22.4 Å². The highest BCUT2D eigenvalue weighted by Gasteiger charge is 2.37. The molecule has 116 valence electrons. The maximum atomic E-state index is 12.5. The fourth-order valence-corrected chi connectivity index (χ4v) is 3.22. The van der Waals surface area contributed by atoms with E-state index in [9.17, 15) is 4.79 Å². The second kappa shape index (κ2) is 6.95. The lowest BCUT2D eigenvalue weighted by atomic mass is 9.80. The molecule has 0 spiro atoms. The van der Waals surface area contributed by atoms with Crippen molar-refractivity contribution in [1.29, 1.82) is 0 Å². The van der Waals surface area contributed by atoms with Crippen molar-refractivity contribution in [2.45, 2.75) is 51.0 Å². The molecular formula is C15H21Cl2N3O. The molecular weight excluding hydrogens is 309 g/mol. The van der Waals surface area contributed by atoms with E-state index in [-0.39, 0.29) is 22.1 Å². The van der Waals surface area contributed by atoms with Crippen molar-refractivity contribution in [2.75, 3.05) is 5.32 Å². The van der Waals surface area contributed by atoms with Crippen LogP contribution in [0.25, 0.3) is 0 Å². The number of pyridine rings is 1. The van der Waals surface area contributed by atoms with E-state index in [0.29, 0.717) is 5.69 Å². The Morgan fingerprint density at radius 2 is 1.90 bits per heavy atom. The van der Waals surface area contributed by atoms with Crippen LogP contribution >= 0.6 is 23.2 Å². The summed E-state index contributed by atoms with van der Waals surface area (Å²) in [6.45, 7) is 1.80. The lowest BCUT2D eigenvalue weighted by Crippen LogP contribution is -2.54. The number of carbonyl (C=O) groups is 1. The molecule has 0 radical (unpaired) electrons. The summed E-state index contributed by atoms with van der Waals surface area (Å²) in [6, 6.07) is 3.22. The summed E-state index contributed by atoms with van der Waals surface area (Å²) >= 11 is 11.7. The second-order valence-corrected chi connectivity index (χ2v) is 6.64. The number of amides is 1. The SMILES string of the molecule is C[C@@](N)(C(=O)Nc1ccc(Cl)nc1Cl)C1CCCCCC1. The first-order valence-corrected chi connectivity index (χ1v) is 8.09. The summed E-state index contributed by atoms with van der Waals surface area (Å²) in [6.07, 6.45) is 6.70. The third kappa shape index (κ3) is 4.09. The zero-order valence-electron chi connectivity index (χ0n) is 12.2. The lowest BCUT2D eigenvalue weighted by Gasteiger charge is -2.32. The standard InChI is InChI=1S/C15H21Cl2N3O/c1-15(18,10-6-4-2-3-5-7-10)14(21)19-11-8-9-12(16)20-13(11)17/h8-10H,2-7,18H2,1H3,(H,19,21)/t15-/m0/s1. The predicted molar refractivity (Wildman–Crippen MR) is 86.7 cm³/mol. The molecule has 2 rings (SSSR count). The topological polar surface area (TPSA) is 68.0 Å². The number of hydrogen-bond donors (Lipinski definition) is 2. The Hall–Kier alpha value is -0.840. The van der Waals surface area contributed by atoms with Crippen molar-refractivity contribution >= 4 is 34.8 Å². The van der Waals surface area contributed by atoms with E-state index >= 15 is 0 Å². The molecule has 1 aliphatic rings. The molecule has 1 aromatic heterocycles. The van der Waals surface area contributed by atoms with Crippen LogP contribution in [0.4, 0.5) is 5.69 Å². The van der Waals surface area contributed by atoms with Crippen LogP contribution in [0.5, 0.6) is 0 Å². The van der Waals surface area contributed by atoms with E-state index < -0.39 is 5.54 Å². The van der Waals surface area contributed by atoms with Crippen LogP contribution in [0.3, 0.4) is 0 Å². The van der Waals surface area contributed by atoms with Gasteiger partial charge in [0.2, 0.25) is 5.91 Å². The lowest BCUT2D eigenvalue weighted by molar-refractivity contribution is -0.122. The Kier molecular flexibility index (Phi) is 5.47. The van der Waals surface area contributed by atoms with Crippen LogP contribution in [-0.4, -0.2) is 16.4 Å². The van der Waals surface area contributed by atoms with Crippen molar-refractivity contribution < 1.29 is 4.79 Å².